The number of nitrogens with two attached hydrogens (primary N) is 1. The van der Waals surface area contributed by atoms with Crippen LogP contribution < -0.4 is 10.6 Å². The fraction of sp³-hybridized carbons (Fsp3) is 0.647. The van der Waals surface area contributed by atoms with Gasteiger partial charge in [0.15, 0.2) is 0 Å². The van der Waals surface area contributed by atoms with Gasteiger partial charge in [-0.3, -0.25) is 0 Å². The van der Waals surface area contributed by atoms with E-state index in [0.29, 0.717) is 12.0 Å². The number of benzene rings is 1. The Morgan fingerprint density at radius 2 is 1.57 bits per heavy atom. The van der Waals surface area contributed by atoms with E-state index in [-0.39, 0.29) is 11.7 Å². The first-order chi connectivity index (χ1) is 10.1. The zero-order chi connectivity index (χ0) is 15.2. The van der Waals surface area contributed by atoms with E-state index in [2.05, 4.69) is 0 Å². The molecule has 1 fully saturated rings. The van der Waals surface area contributed by atoms with Gasteiger partial charge in [-0.1, -0.05) is 26.2 Å². The van der Waals surface area contributed by atoms with Crippen LogP contribution in [0.4, 0.5) is 14.5 Å². The number of nitrogens with zero attached hydrogens (tertiary/aromatic N) is 1. The van der Waals surface area contributed by atoms with Gasteiger partial charge in [-0.15, -0.1) is 0 Å². The molecule has 1 aliphatic heterocycles. The van der Waals surface area contributed by atoms with Crippen molar-refractivity contribution in [1.29, 1.82) is 0 Å². The first kappa shape index (κ1) is 16.2. The van der Waals surface area contributed by atoms with Gasteiger partial charge >= 0.3 is 0 Å². The second-order valence-electron chi connectivity index (χ2n) is 6.04. The van der Waals surface area contributed by atoms with Crippen LogP contribution in [0.15, 0.2) is 12.1 Å². The van der Waals surface area contributed by atoms with Gasteiger partial charge in [0.25, 0.3) is 0 Å². The molecular formula is C17H26F2N2. The number of hydrogen-bond donors (Lipinski definition) is 1. The molecule has 1 unspecified atom stereocenters. The first-order valence-corrected chi connectivity index (χ1v) is 8.10. The summed E-state index contributed by atoms with van der Waals surface area (Å²) in [6, 6.07) is 2.86. The van der Waals surface area contributed by atoms with Crippen LogP contribution in [0, 0.1) is 11.6 Å². The minimum absolute atomic E-state index is 0.0450. The van der Waals surface area contributed by atoms with Gasteiger partial charge in [0.2, 0.25) is 0 Å². The van der Waals surface area contributed by atoms with Crippen molar-refractivity contribution < 1.29 is 8.78 Å². The Hall–Kier alpha value is -1.16. The third-order valence-electron chi connectivity index (χ3n) is 4.27. The summed E-state index contributed by atoms with van der Waals surface area (Å²) in [6.45, 7) is 3.45. The van der Waals surface area contributed by atoms with Crippen molar-refractivity contribution in [3.63, 3.8) is 0 Å². The molecule has 1 aliphatic rings. The molecule has 0 bridgehead atoms. The van der Waals surface area contributed by atoms with Crippen LogP contribution in [0.25, 0.3) is 0 Å². The summed E-state index contributed by atoms with van der Waals surface area (Å²) in [5.41, 5.74) is 6.66. The normalized spacial score (nSPS) is 18.2. The molecule has 1 aromatic carbocycles. The third kappa shape index (κ3) is 4.40. The number of rotatable bonds is 4. The van der Waals surface area contributed by atoms with Gasteiger partial charge in [0.05, 0.1) is 0 Å². The van der Waals surface area contributed by atoms with Crippen LogP contribution in [0.1, 0.15) is 51.0 Å². The van der Waals surface area contributed by atoms with Crippen LogP contribution in [-0.2, 0) is 6.42 Å². The predicted octanol–water partition coefficient (Wildman–Crippen LogP) is 4.02. The Morgan fingerprint density at radius 1 is 1.05 bits per heavy atom. The largest absolute Gasteiger partial charge is 0.367 e. The minimum atomic E-state index is -0.450. The van der Waals surface area contributed by atoms with E-state index >= 15 is 0 Å². The maximum absolute atomic E-state index is 14.4. The number of halogens is 2. The quantitative estimate of drug-likeness (QED) is 0.909. The fourth-order valence-electron chi connectivity index (χ4n) is 2.96. The van der Waals surface area contributed by atoms with Gasteiger partial charge < -0.3 is 10.6 Å². The van der Waals surface area contributed by atoms with Gasteiger partial charge in [-0.2, -0.15) is 0 Å². The summed E-state index contributed by atoms with van der Waals surface area (Å²) in [5.74, 6) is -0.900. The Bertz CT molecular complexity index is 431. The smallest absolute Gasteiger partial charge is 0.149 e. The average molecular weight is 296 g/mol. The van der Waals surface area contributed by atoms with Crippen LogP contribution in [-0.4, -0.2) is 19.1 Å². The molecule has 1 aromatic rings. The summed E-state index contributed by atoms with van der Waals surface area (Å²) >= 11 is 0. The third-order valence-corrected chi connectivity index (χ3v) is 4.27. The van der Waals surface area contributed by atoms with E-state index in [1.807, 2.05) is 11.8 Å². The zero-order valence-corrected chi connectivity index (χ0v) is 12.9. The lowest BCUT2D eigenvalue weighted by atomic mass is 10.0. The SMILES string of the molecule is CCC(N)Cc1cc(F)c(N2CCCCCCC2)c(F)c1. The molecule has 21 heavy (non-hydrogen) atoms. The Morgan fingerprint density at radius 3 is 2.10 bits per heavy atom. The van der Waals surface area contributed by atoms with Gasteiger partial charge in [0.1, 0.15) is 17.3 Å². The lowest BCUT2D eigenvalue weighted by Crippen LogP contribution is -2.29. The van der Waals surface area contributed by atoms with Gasteiger partial charge in [-0.05, 0) is 43.4 Å². The molecule has 4 heteroatoms. The molecule has 1 saturated heterocycles. The molecule has 0 aliphatic carbocycles. The Balaban J connectivity index is 2.18. The predicted molar refractivity (Wildman–Crippen MR) is 83.6 cm³/mol. The van der Waals surface area contributed by atoms with E-state index in [9.17, 15) is 8.78 Å². The van der Waals surface area contributed by atoms with E-state index in [0.717, 1.165) is 45.2 Å². The van der Waals surface area contributed by atoms with E-state index in [4.69, 9.17) is 5.73 Å². The number of anilines is 1. The standard InChI is InChI=1S/C17H26F2N2/c1-2-14(20)10-13-11-15(18)17(16(19)12-13)21-8-6-4-3-5-7-9-21/h11-12,14H,2-10,20H2,1H3. The molecule has 118 valence electrons. The highest BCUT2D eigenvalue weighted by Crippen LogP contribution is 2.27. The molecule has 1 heterocycles. The molecule has 0 amide bonds. The van der Waals surface area contributed by atoms with E-state index in [1.54, 1.807) is 0 Å². The van der Waals surface area contributed by atoms with E-state index in [1.165, 1.54) is 18.6 Å². The minimum Gasteiger partial charge on any atom is -0.367 e. The summed E-state index contributed by atoms with van der Waals surface area (Å²) in [7, 11) is 0. The molecule has 2 N–H and O–H groups in total. The zero-order valence-electron chi connectivity index (χ0n) is 12.9. The van der Waals surface area contributed by atoms with Crippen molar-refractivity contribution >= 4 is 5.69 Å². The van der Waals surface area contributed by atoms with Crippen LogP contribution in [0.3, 0.4) is 0 Å². The maximum Gasteiger partial charge on any atom is 0.149 e. The highest BCUT2D eigenvalue weighted by molar-refractivity contribution is 5.51. The number of hydrogen-bond acceptors (Lipinski definition) is 2. The molecule has 0 radical (unpaired) electrons. The molecule has 2 nitrogen and oxygen atoms in total. The lowest BCUT2D eigenvalue weighted by molar-refractivity contribution is 0.524. The lowest BCUT2D eigenvalue weighted by Gasteiger charge is -2.28. The fourth-order valence-corrected chi connectivity index (χ4v) is 2.96. The van der Waals surface area contributed by atoms with Crippen molar-refractivity contribution in [3.05, 3.63) is 29.3 Å². The van der Waals surface area contributed by atoms with Crippen molar-refractivity contribution in [2.45, 2.75) is 57.9 Å². The highest BCUT2D eigenvalue weighted by atomic mass is 19.1. The molecule has 0 aromatic heterocycles. The molecule has 0 saturated carbocycles. The summed E-state index contributed by atoms with van der Waals surface area (Å²) in [5, 5.41) is 0. The van der Waals surface area contributed by atoms with E-state index < -0.39 is 11.6 Å². The second-order valence-corrected chi connectivity index (χ2v) is 6.04. The Kier molecular flexibility index (Phi) is 5.97. The van der Waals surface area contributed by atoms with Crippen molar-refractivity contribution in [2.24, 2.45) is 5.73 Å². The first-order valence-electron chi connectivity index (χ1n) is 8.10. The van der Waals surface area contributed by atoms with Crippen LogP contribution >= 0.6 is 0 Å². The summed E-state index contributed by atoms with van der Waals surface area (Å²) in [4.78, 5) is 1.87. The Labute approximate surface area is 126 Å². The second kappa shape index (κ2) is 7.74. The average Bonchev–Trinajstić information content (AvgIpc) is 2.39. The van der Waals surface area contributed by atoms with Crippen molar-refractivity contribution in [2.75, 3.05) is 18.0 Å². The van der Waals surface area contributed by atoms with Crippen molar-refractivity contribution in [1.82, 2.24) is 0 Å². The van der Waals surface area contributed by atoms with Crippen LogP contribution in [0.2, 0.25) is 0 Å². The van der Waals surface area contributed by atoms with Gasteiger partial charge in [0, 0.05) is 19.1 Å². The monoisotopic (exact) mass is 296 g/mol. The molecule has 2 rings (SSSR count). The van der Waals surface area contributed by atoms with Crippen molar-refractivity contribution in [3.8, 4) is 0 Å². The highest BCUT2D eigenvalue weighted by Gasteiger charge is 2.19. The molecular weight excluding hydrogens is 270 g/mol. The maximum atomic E-state index is 14.4. The van der Waals surface area contributed by atoms with Crippen LogP contribution in [0.5, 0.6) is 0 Å². The van der Waals surface area contributed by atoms with Gasteiger partial charge in [-0.25, -0.2) is 8.78 Å². The molecule has 1 atom stereocenters. The molecule has 0 spiro atoms. The summed E-state index contributed by atoms with van der Waals surface area (Å²) in [6.07, 6.45) is 6.84. The summed E-state index contributed by atoms with van der Waals surface area (Å²) < 4.78 is 28.7. The topological polar surface area (TPSA) is 29.3 Å².